The molecular formula is C81H142N20O22. The number of nitrogens with zero attached hydrogens (tertiary/aromatic N) is 1. The molecule has 1 aliphatic heterocycles. The predicted molar refractivity (Wildman–Crippen MR) is 451 cm³/mol. The Hall–Kier alpha value is -10.7. The first-order chi connectivity index (χ1) is 56.0. The molecule has 1 aliphatic rings. The van der Waals surface area contributed by atoms with Gasteiger partial charge in [0.1, 0.15) is 98.2 Å². The number of nitrogens with two attached hydrogens (primary N) is 2. The van der Waals surface area contributed by atoms with E-state index in [1.165, 1.54) is 150 Å². The second kappa shape index (κ2) is 45.6. The van der Waals surface area contributed by atoms with Gasteiger partial charge in [0.15, 0.2) is 0 Å². The highest BCUT2D eigenvalue weighted by atomic mass is 16.3. The van der Waals surface area contributed by atoms with Crippen LogP contribution >= 0.6 is 0 Å². The third-order valence-corrected chi connectivity index (χ3v) is 20.9. The van der Waals surface area contributed by atoms with Gasteiger partial charge < -0.3 is 117 Å². The Bertz CT molecular complexity index is 3890. The first kappa shape index (κ1) is 110. The molecule has 0 aliphatic carbocycles. The Morgan fingerprint density at radius 2 is 0.699 bits per heavy atom. The number of primary amides is 2. The molecule has 0 bridgehead atoms. The molecular weight excluding hydrogens is 1610 g/mol. The summed E-state index contributed by atoms with van der Waals surface area (Å²) in [7, 11) is 0. The van der Waals surface area contributed by atoms with E-state index in [4.69, 9.17) is 11.5 Å². The lowest BCUT2D eigenvalue weighted by Gasteiger charge is -2.36. The van der Waals surface area contributed by atoms with Gasteiger partial charge in [-0.3, -0.25) is 95.9 Å². The van der Waals surface area contributed by atoms with Gasteiger partial charge in [0.25, 0.3) is 0 Å². The summed E-state index contributed by atoms with van der Waals surface area (Å²) in [4.78, 5) is 273. The van der Waals surface area contributed by atoms with E-state index in [0.717, 1.165) is 0 Å². The molecule has 1 heterocycles. The van der Waals surface area contributed by atoms with Gasteiger partial charge in [0.2, 0.25) is 118 Å². The van der Waals surface area contributed by atoms with Gasteiger partial charge in [-0.1, -0.05) is 54.9 Å². The topological polar surface area (TPSA) is 642 Å². The highest BCUT2D eigenvalue weighted by Crippen LogP contribution is 2.25. The molecule has 0 aromatic carbocycles. The maximum absolute atomic E-state index is 14.5. The summed E-state index contributed by atoms with van der Waals surface area (Å²) < 4.78 is 0. The second-order valence-corrected chi connectivity index (χ2v) is 37.1. The van der Waals surface area contributed by atoms with Gasteiger partial charge >= 0.3 is 0 Å². The average Bonchev–Trinajstić information content (AvgIpc) is 1.78. The molecule has 23 N–H and O–H groups in total. The van der Waals surface area contributed by atoms with E-state index < -0.39 is 248 Å². The largest absolute Gasteiger partial charge is 0.394 e. The number of hydrogen-bond donors (Lipinski definition) is 21. The van der Waals surface area contributed by atoms with Crippen molar-refractivity contribution >= 4 is 118 Å². The van der Waals surface area contributed by atoms with E-state index >= 15 is 0 Å². The van der Waals surface area contributed by atoms with Gasteiger partial charge in [0.05, 0.1) is 19.3 Å². The lowest BCUT2D eigenvalue weighted by atomic mass is 9.93. The zero-order chi connectivity index (χ0) is 95.8. The van der Waals surface area contributed by atoms with Crippen LogP contribution in [-0.2, 0) is 95.9 Å². The van der Waals surface area contributed by atoms with E-state index in [1.807, 2.05) is 13.8 Å². The molecule has 698 valence electrons. The van der Waals surface area contributed by atoms with Gasteiger partial charge in [-0.2, -0.15) is 0 Å². The molecule has 123 heavy (non-hydrogen) atoms. The zero-order valence-electron chi connectivity index (χ0n) is 76.8. The summed E-state index contributed by atoms with van der Waals surface area (Å²) in [6.45, 7) is 37.3. The monoisotopic (exact) mass is 1750 g/mol. The molecule has 0 radical (unpaired) electrons. The van der Waals surface area contributed by atoms with E-state index in [-0.39, 0.29) is 62.8 Å². The number of likely N-dealkylation sites (tertiary alicyclic amines) is 1. The van der Waals surface area contributed by atoms with E-state index in [9.17, 15) is 106 Å². The normalized spacial score (nSPS) is 16.1. The molecule has 20 amide bonds. The summed E-state index contributed by atoms with van der Waals surface area (Å²) in [5.41, 5.74) is -5.13. The van der Waals surface area contributed by atoms with Crippen LogP contribution in [0.15, 0.2) is 0 Å². The summed E-state index contributed by atoms with van der Waals surface area (Å²) in [5.74, 6) is -17.6. The van der Waals surface area contributed by atoms with Crippen molar-refractivity contribution in [3.8, 4) is 0 Å². The molecule has 1 fully saturated rings. The van der Waals surface area contributed by atoms with Gasteiger partial charge in [0, 0.05) is 26.3 Å². The summed E-state index contributed by atoms with van der Waals surface area (Å²) in [6, 6.07) is -11.7. The van der Waals surface area contributed by atoms with Crippen molar-refractivity contribution in [1.29, 1.82) is 0 Å². The van der Waals surface area contributed by atoms with Gasteiger partial charge in [-0.15, -0.1) is 0 Å². The van der Waals surface area contributed by atoms with Gasteiger partial charge in [-0.25, -0.2) is 0 Å². The van der Waals surface area contributed by atoms with Crippen molar-refractivity contribution in [1.82, 2.24) is 95.3 Å². The summed E-state index contributed by atoms with van der Waals surface area (Å²) in [5, 5.41) is 63.1. The van der Waals surface area contributed by atoms with Crippen molar-refractivity contribution in [3.63, 3.8) is 0 Å². The minimum Gasteiger partial charge on any atom is -0.394 e. The van der Waals surface area contributed by atoms with Crippen molar-refractivity contribution in [3.05, 3.63) is 0 Å². The number of rotatable bonds is 49. The standard InChI is InChI=1S/C81H142N20O22/c1-28-43(7)51(39-102)87-58(109)47(32-34-54(82)105)88-67(118)76(17,18)98-68(119)78(21,22)97-61(112)49(37-41(3)4)86-63(114)53-31-30-36-101(53)72(123)80(25,26)99-69(120)77(19,20)94-57(108)45(9)85-64(115)74(13,14)96-62(113)50(38-42(5)6)90-66(117)75(15,16)95-60(111)48(33-35-55(83)106)89-71(122)81(27,29-2)100-70(121)79(23,24)93-56(107)44(8)84-59(110)52(40-103)91-65(116)73(11,12)92-46(10)104/h41-45,47-53,102-103H,28-40H2,1-27H3,(H2,82,105)(H2,83,106)(H,84,110)(H,85,115)(H,86,114)(H,87,109)(H,88,118)(H,89,122)(H,90,117)(H,91,116)(H,92,104)(H,93,107)(H,94,108)(H,95,111)(H,96,113)(H,97,112)(H,98,119)(H,99,120)(H,100,121)/t43-,44-,45-,47-,48-,49+,50+,51-,52-,53-,81-/m1/s1. The van der Waals surface area contributed by atoms with Crippen LogP contribution in [-0.4, -0.2) is 257 Å². The van der Waals surface area contributed by atoms with Crippen LogP contribution in [0.3, 0.4) is 0 Å². The van der Waals surface area contributed by atoms with E-state index in [2.05, 4.69) is 90.4 Å². The molecule has 0 aromatic heterocycles. The smallest absolute Gasteiger partial charge is 0.248 e. The molecule has 0 aromatic rings. The number of carbonyl (C=O) groups is 20. The van der Waals surface area contributed by atoms with Crippen LogP contribution in [0.4, 0.5) is 0 Å². The highest BCUT2D eigenvalue weighted by Gasteiger charge is 2.48. The molecule has 0 unspecified atom stereocenters. The summed E-state index contributed by atoms with van der Waals surface area (Å²) >= 11 is 0. The number of nitrogens with one attached hydrogen (secondary N) is 17. The molecule has 1 saturated heterocycles. The van der Waals surface area contributed by atoms with Crippen molar-refractivity contribution < 1.29 is 106 Å². The third-order valence-electron chi connectivity index (χ3n) is 20.9. The third kappa shape index (κ3) is 34.2. The second-order valence-electron chi connectivity index (χ2n) is 37.1. The fourth-order valence-electron chi connectivity index (χ4n) is 12.2. The Balaban J connectivity index is 3.25. The molecule has 42 nitrogen and oxygen atoms in total. The van der Waals surface area contributed by atoms with Gasteiger partial charge in [-0.05, 0) is 194 Å². The molecule has 11 atom stereocenters. The Morgan fingerprint density at radius 1 is 0.366 bits per heavy atom. The molecule has 42 heteroatoms. The highest BCUT2D eigenvalue weighted by molar-refractivity contribution is 6.04. The van der Waals surface area contributed by atoms with Crippen LogP contribution < -0.4 is 102 Å². The quantitative estimate of drug-likeness (QED) is 0.0276. The molecule has 0 saturated carbocycles. The van der Waals surface area contributed by atoms with Crippen molar-refractivity contribution in [2.45, 2.75) is 355 Å². The SMILES string of the molecule is CC[C@@H](C)[C@@H](CO)NC(=O)[C@@H](CCC(N)=O)NC(=O)C(C)(C)NC(=O)C(C)(C)NC(=O)[C@H](CC(C)C)NC(=O)[C@H]1CCCN1C(=O)C(C)(C)NC(=O)C(C)(C)NC(=O)[C@@H](C)NC(=O)C(C)(C)NC(=O)[C@H](CC(C)C)NC(=O)C(C)(C)NC(=O)[C@@H](CCC(N)=O)NC(=O)[C@@](C)(CC)NC(=O)C(C)(C)NC(=O)[C@@H](C)NC(=O)[C@@H](CO)NC(=O)C(C)(C)NC(C)=O. The van der Waals surface area contributed by atoms with Crippen LogP contribution in [0.5, 0.6) is 0 Å². The minimum atomic E-state index is -1.91. The maximum Gasteiger partial charge on any atom is 0.248 e. The Labute approximate surface area is 721 Å². The first-order valence-corrected chi connectivity index (χ1v) is 41.4. The van der Waals surface area contributed by atoms with Crippen LogP contribution in [0.1, 0.15) is 251 Å². The number of aliphatic hydroxyl groups excluding tert-OH is 2. The predicted octanol–water partition coefficient (Wildman–Crippen LogP) is -3.99. The van der Waals surface area contributed by atoms with Crippen LogP contribution in [0.2, 0.25) is 0 Å². The minimum absolute atomic E-state index is 0.0333. The van der Waals surface area contributed by atoms with Crippen LogP contribution in [0, 0.1) is 17.8 Å². The molecule has 1 rings (SSSR count). The Morgan fingerprint density at radius 3 is 1.10 bits per heavy atom. The lowest BCUT2D eigenvalue weighted by molar-refractivity contribution is -0.146. The van der Waals surface area contributed by atoms with Crippen molar-refractivity contribution in [2.24, 2.45) is 29.2 Å². The molecule has 0 spiro atoms. The zero-order valence-corrected chi connectivity index (χ0v) is 76.8. The number of amides is 20. The maximum atomic E-state index is 14.5. The van der Waals surface area contributed by atoms with Crippen LogP contribution in [0.25, 0.3) is 0 Å². The fourth-order valence-corrected chi connectivity index (χ4v) is 12.2. The number of aliphatic hydroxyl groups is 2. The number of carbonyl (C=O) groups excluding carboxylic acids is 20. The summed E-state index contributed by atoms with van der Waals surface area (Å²) in [6.07, 6.45) is -0.397. The first-order valence-electron chi connectivity index (χ1n) is 41.4. The average molecular weight is 1750 g/mol. The number of hydrogen-bond acceptors (Lipinski definition) is 22. The fraction of sp³-hybridized carbons (Fsp3) is 0.753. The Kier molecular flexibility index (Phi) is 40.9. The van der Waals surface area contributed by atoms with E-state index in [0.29, 0.717) is 12.8 Å². The lowest BCUT2D eigenvalue weighted by Crippen LogP contribution is -2.67. The van der Waals surface area contributed by atoms with E-state index in [1.54, 1.807) is 27.7 Å². The van der Waals surface area contributed by atoms with Crippen molar-refractivity contribution in [2.75, 3.05) is 19.8 Å².